The Kier molecular flexibility index (Phi) is 8.13. The maximum absolute atomic E-state index is 13.8. The molecule has 1 N–H and O–H groups in total. The number of carbonyl (C=O) groups excluding carboxylic acids is 2. The van der Waals surface area contributed by atoms with E-state index in [1.54, 1.807) is 37.9 Å². The molecule has 7 nitrogen and oxygen atoms in total. The summed E-state index contributed by atoms with van der Waals surface area (Å²) in [6.45, 7) is 7.21. The summed E-state index contributed by atoms with van der Waals surface area (Å²) in [4.78, 5) is 26.7. The number of carbonyl (C=O) groups is 2. The zero-order valence-corrected chi connectivity index (χ0v) is 21.8. The molecule has 0 saturated carbocycles. The molecule has 198 valence electrons. The Labute approximate surface area is 218 Å². The quantitative estimate of drug-likeness (QED) is 0.396. The van der Waals surface area contributed by atoms with E-state index in [4.69, 9.17) is 0 Å². The maximum atomic E-state index is 13.8. The van der Waals surface area contributed by atoms with Crippen molar-refractivity contribution >= 4 is 35.0 Å². The predicted octanol–water partition coefficient (Wildman–Crippen LogP) is 5.68. The number of fused-ring (bicyclic) bond motifs is 1. The fourth-order valence-electron chi connectivity index (χ4n) is 4.63. The van der Waals surface area contributed by atoms with E-state index in [0.717, 1.165) is 42.1 Å². The first kappa shape index (κ1) is 27.0. The zero-order valence-electron chi connectivity index (χ0n) is 21.0. The average Bonchev–Trinajstić information content (AvgIpc) is 3.26. The lowest BCUT2D eigenvalue weighted by Gasteiger charge is -2.31. The summed E-state index contributed by atoms with van der Waals surface area (Å²) in [6.07, 6.45) is -1.52. The van der Waals surface area contributed by atoms with Gasteiger partial charge in [0.05, 0.1) is 11.1 Å². The minimum absolute atomic E-state index is 0.115. The van der Waals surface area contributed by atoms with Crippen molar-refractivity contribution < 1.29 is 22.8 Å². The molecule has 3 heterocycles. The van der Waals surface area contributed by atoms with Crippen molar-refractivity contribution in [2.45, 2.75) is 50.6 Å². The van der Waals surface area contributed by atoms with Crippen molar-refractivity contribution in [1.29, 1.82) is 0 Å². The molecule has 0 radical (unpaired) electrons. The van der Waals surface area contributed by atoms with Crippen molar-refractivity contribution in [2.75, 3.05) is 31.5 Å². The van der Waals surface area contributed by atoms with E-state index >= 15 is 0 Å². The lowest BCUT2D eigenvalue weighted by molar-refractivity contribution is -0.141. The second-order valence-electron chi connectivity index (χ2n) is 8.99. The molecule has 2 aromatic heterocycles. The Hall–Kier alpha value is -3.05. The van der Waals surface area contributed by atoms with Gasteiger partial charge in [0.25, 0.3) is 5.91 Å². The molecule has 1 fully saturated rings. The Morgan fingerprint density at radius 3 is 2.32 bits per heavy atom. The molecule has 1 aliphatic heterocycles. The number of benzene rings is 1. The first-order chi connectivity index (χ1) is 17.6. The number of anilines is 1. The number of halogens is 3. The van der Waals surface area contributed by atoms with Crippen molar-refractivity contribution in [1.82, 2.24) is 18.8 Å². The summed E-state index contributed by atoms with van der Waals surface area (Å²) in [7, 11) is 0. The molecule has 1 aromatic carbocycles. The van der Waals surface area contributed by atoms with Crippen LogP contribution in [0.15, 0.2) is 47.5 Å². The van der Waals surface area contributed by atoms with E-state index in [2.05, 4.69) is 14.7 Å². The van der Waals surface area contributed by atoms with E-state index in [0.29, 0.717) is 13.1 Å². The number of hydrogen-bond donors (Lipinski definition) is 1. The molecular weight excluding hydrogens is 503 g/mol. The Morgan fingerprint density at radius 1 is 1.11 bits per heavy atom. The number of nitrogens with one attached hydrogen (secondary N) is 1. The number of rotatable bonds is 7. The van der Waals surface area contributed by atoms with Gasteiger partial charge >= 0.3 is 6.18 Å². The highest BCUT2D eigenvalue weighted by Gasteiger charge is 2.41. The lowest BCUT2D eigenvalue weighted by Crippen LogP contribution is -2.32. The van der Waals surface area contributed by atoms with Crippen LogP contribution in [0.25, 0.3) is 5.52 Å². The summed E-state index contributed by atoms with van der Waals surface area (Å²) in [5.74, 6) is -0.597. The number of pyridine rings is 1. The second-order valence-corrected chi connectivity index (χ2v) is 10.2. The van der Waals surface area contributed by atoms with Gasteiger partial charge in [-0.1, -0.05) is 0 Å². The topological polar surface area (TPSA) is 70.0 Å². The Bertz CT molecular complexity index is 1260. The van der Waals surface area contributed by atoms with Gasteiger partial charge < -0.3 is 10.2 Å². The molecule has 11 heteroatoms. The van der Waals surface area contributed by atoms with E-state index in [-0.39, 0.29) is 22.9 Å². The number of aromatic nitrogens is 2. The van der Waals surface area contributed by atoms with Gasteiger partial charge in [-0.15, -0.1) is 0 Å². The highest BCUT2D eigenvalue weighted by atomic mass is 32.2. The molecule has 3 aromatic rings. The van der Waals surface area contributed by atoms with Gasteiger partial charge in [0.2, 0.25) is 5.91 Å². The third-order valence-corrected chi connectivity index (χ3v) is 7.63. The minimum atomic E-state index is -4.73. The van der Waals surface area contributed by atoms with Gasteiger partial charge in [0, 0.05) is 49.9 Å². The summed E-state index contributed by atoms with van der Waals surface area (Å²) in [5.41, 5.74) is 0.334. The molecular formula is C26H30F3N5O2S. The smallest absolute Gasteiger partial charge is 0.339 e. The van der Waals surface area contributed by atoms with Crippen LogP contribution >= 0.6 is 11.9 Å². The molecule has 1 saturated heterocycles. The molecule has 4 rings (SSSR count). The van der Waals surface area contributed by atoms with E-state index in [9.17, 15) is 22.8 Å². The molecule has 1 aliphatic rings. The van der Waals surface area contributed by atoms with Crippen molar-refractivity contribution in [3.63, 3.8) is 0 Å². The summed E-state index contributed by atoms with van der Waals surface area (Å²) in [5, 5.41) is 6.48. The zero-order chi connectivity index (χ0) is 26.7. The predicted molar refractivity (Wildman–Crippen MR) is 138 cm³/mol. The van der Waals surface area contributed by atoms with Crippen LogP contribution in [-0.2, 0) is 11.0 Å². The number of amides is 2. The average molecular weight is 534 g/mol. The van der Waals surface area contributed by atoms with Gasteiger partial charge in [0.15, 0.2) is 5.69 Å². The molecule has 0 atom stereocenters. The second kappa shape index (κ2) is 11.1. The van der Waals surface area contributed by atoms with E-state index in [1.165, 1.54) is 22.5 Å². The Balaban J connectivity index is 1.51. The SMILES string of the molecule is CCN(CC)C(=O)c1c(C(F)(F)F)nn2ccc(C3CCN(Sc4ccc(NC(C)=O)cc4)CC3)cc12. The monoisotopic (exact) mass is 533 g/mol. The largest absolute Gasteiger partial charge is 0.436 e. The van der Waals surface area contributed by atoms with Crippen molar-refractivity contribution in [2.24, 2.45) is 0 Å². The molecule has 0 bridgehead atoms. The van der Waals surface area contributed by atoms with E-state index < -0.39 is 17.8 Å². The number of piperidine rings is 1. The first-order valence-corrected chi connectivity index (χ1v) is 13.1. The third-order valence-electron chi connectivity index (χ3n) is 6.53. The van der Waals surface area contributed by atoms with E-state index in [1.807, 2.05) is 24.3 Å². The third kappa shape index (κ3) is 6.10. The molecule has 0 aliphatic carbocycles. The van der Waals surface area contributed by atoms with Crippen LogP contribution < -0.4 is 5.32 Å². The van der Waals surface area contributed by atoms with Gasteiger partial charge in [-0.05, 0) is 86.5 Å². The minimum Gasteiger partial charge on any atom is -0.339 e. The number of hydrogen-bond acceptors (Lipinski definition) is 5. The summed E-state index contributed by atoms with van der Waals surface area (Å²) >= 11 is 1.64. The fraction of sp³-hybridized carbons (Fsp3) is 0.423. The van der Waals surface area contributed by atoms with Crippen LogP contribution in [0.2, 0.25) is 0 Å². The highest BCUT2D eigenvalue weighted by molar-refractivity contribution is 7.97. The highest BCUT2D eigenvalue weighted by Crippen LogP contribution is 2.37. The first-order valence-electron chi connectivity index (χ1n) is 12.3. The number of alkyl halides is 3. The summed E-state index contributed by atoms with van der Waals surface area (Å²) < 4.78 is 44.8. The molecule has 37 heavy (non-hydrogen) atoms. The Morgan fingerprint density at radius 2 is 1.76 bits per heavy atom. The van der Waals surface area contributed by atoms with Crippen LogP contribution in [0.4, 0.5) is 18.9 Å². The van der Waals surface area contributed by atoms with Crippen LogP contribution in [0.1, 0.15) is 61.1 Å². The van der Waals surface area contributed by atoms with Crippen LogP contribution in [-0.4, -0.2) is 56.8 Å². The summed E-state index contributed by atoms with van der Waals surface area (Å²) in [6, 6.07) is 11.2. The standard InChI is InChI=1S/C26H30F3N5O2S/c1-4-32(5-2)25(36)23-22-16-19(12-15-34(22)31-24(23)26(27,28)29)18-10-13-33(14-11-18)37-21-8-6-20(7-9-21)30-17(3)35/h6-9,12,15-16,18H,4-5,10-11,13-14H2,1-3H3,(H,30,35). The van der Waals surface area contributed by atoms with Gasteiger partial charge in [-0.2, -0.15) is 18.3 Å². The van der Waals surface area contributed by atoms with Crippen molar-refractivity contribution in [3.05, 3.63) is 59.4 Å². The molecule has 0 unspecified atom stereocenters. The molecule has 2 amide bonds. The van der Waals surface area contributed by atoms with Gasteiger partial charge in [0.1, 0.15) is 0 Å². The maximum Gasteiger partial charge on any atom is 0.436 e. The van der Waals surface area contributed by atoms with Crippen LogP contribution in [0.3, 0.4) is 0 Å². The lowest BCUT2D eigenvalue weighted by atomic mass is 9.90. The molecule has 0 spiro atoms. The van der Waals surface area contributed by atoms with Crippen LogP contribution in [0, 0.1) is 0 Å². The van der Waals surface area contributed by atoms with Crippen LogP contribution in [0.5, 0.6) is 0 Å². The van der Waals surface area contributed by atoms with Gasteiger partial charge in [-0.25, -0.2) is 8.82 Å². The number of nitrogens with zero attached hydrogens (tertiary/aromatic N) is 4. The van der Waals surface area contributed by atoms with Gasteiger partial charge in [-0.3, -0.25) is 9.59 Å². The van der Waals surface area contributed by atoms with Crippen molar-refractivity contribution in [3.8, 4) is 0 Å². The normalized spacial score (nSPS) is 15.2. The fourth-order valence-corrected chi connectivity index (χ4v) is 5.58.